The molecule has 1 fully saturated rings. The highest BCUT2D eigenvalue weighted by Gasteiger charge is 2.35. The molecule has 0 aromatic heterocycles. The highest BCUT2D eigenvalue weighted by molar-refractivity contribution is 6.06. The van der Waals surface area contributed by atoms with Crippen LogP contribution in [-0.4, -0.2) is 24.3 Å². The van der Waals surface area contributed by atoms with Crippen molar-refractivity contribution in [3.63, 3.8) is 0 Å². The number of benzene rings is 3. The Balaban J connectivity index is 1.37. The van der Waals surface area contributed by atoms with Crippen LogP contribution in [0.2, 0.25) is 0 Å². The minimum Gasteiger partial charge on any atom is -0.326 e. The topological polar surface area (TPSA) is 78.5 Å². The summed E-state index contributed by atoms with van der Waals surface area (Å²) in [4.78, 5) is 39.3. The number of rotatable bonds is 6. The van der Waals surface area contributed by atoms with E-state index in [9.17, 15) is 14.4 Å². The molecule has 0 bridgehead atoms. The fourth-order valence-electron chi connectivity index (χ4n) is 3.83. The summed E-state index contributed by atoms with van der Waals surface area (Å²) < 4.78 is 0. The number of para-hydroxylation sites is 2. The number of carbonyl (C=O) groups is 3. The van der Waals surface area contributed by atoms with Gasteiger partial charge in [-0.3, -0.25) is 14.4 Å². The largest absolute Gasteiger partial charge is 0.326 e. The van der Waals surface area contributed by atoms with Crippen LogP contribution in [-0.2, 0) is 16.0 Å². The number of anilines is 3. The Morgan fingerprint density at radius 3 is 2.31 bits per heavy atom. The van der Waals surface area contributed by atoms with Crippen molar-refractivity contribution >= 4 is 34.8 Å². The van der Waals surface area contributed by atoms with Gasteiger partial charge in [0.05, 0.1) is 5.92 Å². The van der Waals surface area contributed by atoms with Gasteiger partial charge in [-0.25, -0.2) is 0 Å². The van der Waals surface area contributed by atoms with Gasteiger partial charge in [-0.15, -0.1) is 0 Å². The molecule has 3 aromatic carbocycles. The van der Waals surface area contributed by atoms with Crippen molar-refractivity contribution in [2.75, 3.05) is 22.1 Å². The molecule has 1 heterocycles. The minimum atomic E-state index is -0.420. The summed E-state index contributed by atoms with van der Waals surface area (Å²) in [7, 11) is 0. The van der Waals surface area contributed by atoms with Crippen LogP contribution in [0.25, 0.3) is 0 Å². The minimum absolute atomic E-state index is 0.0595. The van der Waals surface area contributed by atoms with E-state index < -0.39 is 5.92 Å². The Hall–Kier alpha value is -3.93. The molecule has 0 radical (unpaired) electrons. The van der Waals surface area contributed by atoms with Crippen LogP contribution in [0, 0.1) is 5.92 Å². The molecule has 162 valence electrons. The second-order valence-electron chi connectivity index (χ2n) is 7.77. The first-order valence-electron chi connectivity index (χ1n) is 10.7. The molecule has 0 aliphatic carbocycles. The lowest BCUT2D eigenvalue weighted by molar-refractivity contribution is -0.122. The van der Waals surface area contributed by atoms with Crippen LogP contribution in [0.4, 0.5) is 17.1 Å². The molecule has 1 saturated heterocycles. The number of hydrogen-bond acceptors (Lipinski definition) is 3. The quantitative estimate of drug-likeness (QED) is 0.608. The van der Waals surface area contributed by atoms with Gasteiger partial charge in [0.1, 0.15) is 0 Å². The van der Waals surface area contributed by atoms with Crippen LogP contribution >= 0.6 is 0 Å². The van der Waals surface area contributed by atoms with E-state index >= 15 is 0 Å². The first-order valence-corrected chi connectivity index (χ1v) is 10.7. The Labute approximate surface area is 187 Å². The SMILES string of the molecule is CCc1ccccc1NC(=O)c1ccc(NC(=O)C2CC(=O)N(c3ccccc3)C2)cc1. The predicted molar refractivity (Wildman–Crippen MR) is 126 cm³/mol. The van der Waals surface area contributed by atoms with E-state index in [0.29, 0.717) is 17.8 Å². The molecule has 6 nitrogen and oxygen atoms in total. The maximum Gasteiger partial charge on any atom is 0.255 e. The van der Waals surface area contributed by atoms with Crippen molar-refractivity contribution in [2.45, 2.75) is 19.8 Å². The fourth-order valence-corrected chi connectivity index (χ4v) is 3.83. The molecule has 3 aromatic rings. The number of nitrogens with one attached hydrogen (secondary N) is 2. The van der Waals surface area contributed by atoms with Gasteiger partial charge in [-0.1, -0.05) is 43.3 Å². The first-order chi connectivity index (χ1) is 15.5. The van der Waals surface area contributed by atoms with Crippen molar-refractivity contribution in [3.05, 3.63) is 90.0 Å². The van der Waals surface area contributed by atoms with Gasteiger partial charge in [-0.05, 0) is 54.4 Å². The highest BCUT2D eigenvalue weighted by atomic mass is 16.2. The lowest BCUT2D eigenvalue weighted by Crippen LogP contribution is -2.28. The van der Waals surface area contributed by atoms with Gasteiger partial charge in [0.15, 0.2) is 0 Å². The molecule has 32 heavy (non-hydrogen) atoms. The van der Waals surface area contributed by atoms with Crippen molar-refractivity contribution in [1.82, 2.24) is 0 Å². The summed E-state index contributed by atoms with van der Waals surface area (Å²) in [6, 6.07) is 23.8. The van der Waals surface area contributed by atoms with Gasteiger partial charge in [-0.2, -0.15) is 0 Å². The smallest absolute Gasteiger partial charge is 0.255 e. The van der Waals surface area contributed by atoms with Crippen molar-refractivity contribution in [1.29, 1.82) is 0 Å². The van der Waals surface area contributed by atoms with Crippen LogP contribution in [0.5, 0.6) is 0 Å². The maximum atomic E-state index is 12.7. The van der Waals surface area contributed by atoms with Crippen LogP contribution < -0.4 is 15.5 Å². The zero-order chi connectivity index (χ0) is 22.5. The molecule has 1 unspecified atom stereocenters. The van der Waals surface area contributed by atoms with Crippen LogP contribution in [0.1, 0.15) is 29.3 Å². The van der Waals surface area contributed by atoms with E-state index in [0.717, 1.165) is 23.4 Å². The summed E-state index contributed by atoms with van der Waals surface area (Å²) in [5.74, 6) is -0.888. The zero-order valence-corrected chi connectivity index (χ0v) is 17.9. The number of aryl methyl sites for hydroxylation is 1. The summed E-state index contributed by atoms with van der Waals surface area (Å²) in [6.45, 7) is 2.39. The molecule has 4 rings (SSSR count). The third-order valence-electron chi connectivity index (χ3n) is 5.62. The monoisotopic (exact) mass is 427 g/mol. The zero-order valence-electron chi connectivity index (χ0n) is 17.9. The van der Waals surface area contributed by atoms with Gasteiger partial charge in [0, 0.05) is 35.6 Å². The molecule has 1 atom stereocenters. The average molecular weight is 428 g/mol. The van der Waals surface area contributed by atoms with Gasteiger partial charge < -0.3 is 15.5 Å². The molecule has 1 aliphatic rings. The molecular weight excluding hydrogens is 402 g/mol. The summed E-state index contributed by atoms with van der Waals surface area (Å²) >= 11 is 0. The van der Waals surface area contributed by atoms with Crippen LogP contribution in [0.15, 0.2) is 78.9 Å². The number of nitrogens with zero attached hydrogens (tertiary/aromatic N) is 1. The highest BCUT2D eigenvalue weighted by Crippen LogP contribution is 2.26. The Morgan fingerprint density at radius 1 is 0.906 bits per heavy atom. The fraction of sp³-hybridized carbons (Fsp3) is 0.192. The molecule has 2 N–H and O–H groups in total. The van der Waals surface area contributed by atoms with Crippen molar-refractivity contribution in [2.24, 2.45) is 5.92 Å². The third-order valence-corrected chi connectivity index (χ3v) is 5.62. The first kappa shape index (κ1) is 21.3. The normalized spacial score (nSPS) is 15.5. The van der Waals surface area contributed by atoms with E-state index in [2.05, 4.69) is 10.6 Å². The molecule has 0 saturated carbocycles. The summed E-state index contributed by atoms with van der Waals surface area (Å²) in [5, 5.41) is 5.80. The molecule has 0 spiro atoms. The van der Waals surface area contributed by atoms with E-state index in [1.165, 1.54) is 0 Å². The Kier molecular flexibility index (Phi) is 6.31. The van der Waals surface area contributed by atoms with Crippen molar-refractivity contribution in [3.8, 4) is 0 Å². The van der Waals surface area contributed by atoms with Gasteiger partial charge in [0.2, 0.25) is 11.8 Å². The van der Waals surface area contributed by atoms with E-state index in [4.69, 9.17) is 0 Å². The molecule has 1 aliphatic heterocycles. The molecule has 3 amide bonds. The lowest BCUT2D eigenvalue weighted by atomic mass is 10.1. The van der Waals surface area contributed by atoms with Crippen molar-refractivity contribution < 1.29 is 14.4 Å². The average Bonchev–Trinajstić information content (AvgIpc) is 3.22. The molecular formula is C26H25N3O3. The Bertz CT molecular complexity index is 1130. The third kappa shape index (κ3) is 4.70. The van der Waals surface area contributed by atoms with Gasteiger partial charge >= 0.3 is 0 Å². The number of carbonyl (C=O) groups excluding carboxylic acids is 3. The second kappa shape index (κ2) is 9.47. The lowest BCUT2D eigenvalue weighted by Gasteiger charge is -2.16. The number of amides is 3. The van der Waals surface area contributed by atoms with E-state index in [1.54, 1.807) is 29.2 Å². The van der Waals surface area contributed by atoms with E-state index in [-0.39, 0.29) is 24.1 Å². The summed E-state index contributed by atoms with van der Waals surface area (Å²) in [5.41, 5.74) is 3.76. The number of hydrogen-bond donors (Lipinski definition) is 2. The standard InChI is InChI=1S/C26H25N3O3/c1-2-18-8-6-7-11-23(18)28-25(31)19-12-14-21(15-13-19)27-26(32)20-16-24(30)29(17-20)22-9-4-3-5-10-22/h3-15,20H,2,16-17H2,1H3,(H,27,32)(H,28,31). The van der Waals surface area contributed by atoms with E-state index in [1.807, 2.05) is 61.5 Å². The Morgan fingerprint density at radius 2 is 1.59 bits per heavy atom. The second-order valence-corrected chi connectivity index (χ2v) is 7.77. The summed E-state index contributed by atoms with van der Waals surface area (Å²) in [6.07, 6.45) is 1.00. The van der Waals surface area contributed by atoms with Gasteiger partial charge in [0.25, 0.3) is 5.91 Å². The maximum absolute atomic E-state index is 12.7. The predicted octanol–water partition coefficient (Wildman–Crippen LogP) is 4.49. The van der Waals surface area contributed by atoms with Crippen LogP contribution in [0.3, 0.4) is 0 Å². The molecule has 6 heteroatoms.